The van der Waals surface area contributed by atoms with Crippen molar-refractivity contribution in [2.45, 2.75) is 24.3 Å². The van der Waals surface area contributed by atoms with Crippen LogP contribution in [0.15, 0.2) is 29.2 Å². The van der Waals surface area contributed by atoms with E-state index >= 15 is 0 Å². The molecule has 0 radical (unpaired) electrons. The molecule has 1 aliphatic heterocycles. The van der Waals surface area contributed by atoms with Gasteiger partial charge >= 0.3 is 5.97 Å². The van der Waals surface area contributed by atoms with Crippen molar-refractivity contribution in [3.8, 4) is 0 Å². The van der Waals surface area contributed by atoms with E-state index in [1.807, 2.05) is 0 Å². The molecule has 1 saturated heterocycles. The maximum Gasteiger partial charge on any atom is 0.306 e. The second-order valence-electron chi connectivity index (χ2n) is 5.27. The lowest BCUT2D eigenvalue weighted by atomic mass is 10.1. The third-order valence-corrected chi connectivity index (χ3v) is 5.42. The Labute approximate surface area is 134 Å². The molecule has 1 fully saturated rings. The van der Waals surface area contributed by atoms with Crippen LogP contribution in [-0.2, 0) is 19.4 Å². The van der Waals surface area contributed by atoms with Crippen LogP contribution in [0, 0.1) is 0 Å². The average molecular weight is 341 g/mol. The number of morpholine rings is 1. The summed E-state index contributed by atoms with van der Waals surface area (Å²) in [4.78, 5) is 24.9. The maximum absolute atomic E-state index is 12.4. The number of carbonyl (C=O) groups is 2. The summed E-state index contributed by atoms with van der Waals surface area (Å²) in [6.45, 7) is 2.43. The van der Waals surface area contributed by atoms with E-state index in [-0.39, 0.29) is 36.1 Å². The smallest absolute Gasteiger partial charge is 0.306 e. The zero-order valence-electron chi connectivity index (χ0n) is 12.8. The summed E-state index contributed by atoms with van der Waals surface area (Å²) in [5, 5.41) is 8.80. The SMILES string of the molecule is CCS(=O)(=O)c1ccc(C(=O)N2CCO[C@H](CC(=O)O)C2)cc1. The second kappa shape index (κ2) is 7.10. The zero-order chi connectivity index (χ0) is 17.0. The number of carboxylic acid groups (broad SMARTS) is 1. The first-order chi connectivity index (χ1) is 10.8. The minimum absolute atomic E-state index is 0.000620. The van der Waals surface area contributed by atoms with Crippen molar-refractivity contribution in [1.82, 2.24) is 4.90 Å². The van der Waals surface area contributed by atoms with Gasteiger partial charge < -0.3 is 14.7 Å². The molecule has 0 spiro atoms. The highest BCUT2D eigenvalue weighted by atomic mass is 32.2. The summed E-state index contributed by atoms with van der Waals surface area (Å²) >= 11 is 0. The van der Waals surface area contributed by atoms with Crippen LogP contribution >= 0.6 is 0 Å². The fraction of sp³-hybridized carbons (Fsp3) is 0.467. The number of hydrogen-bond acceptors (Lipinski definition) is 5. The van der Waals surface area contributed by atoms with Crippen LogP contribution in [0.25, 0.3) is 0 Å². The van der Waals surface area contributed by atoms with Crippen molar-refractivity contribution in [3.63, 3.8) is 0 Å². The van der Waals surface area contributed by atoms with Gasteiger partial charge in [0, 0.05) is 18.7 Å². The van der Waals surface area contributed by atoms with E-state index < -0.39 is 21.9 Å². The summed E-state index contributed by atoms with van der Waals surface area (Å²) < 4.78 is 28.9. The predicted octanol–water partition coefficient (Wildman–Crippen LogP) is 0.796. The van der Waals surface area contributed by atoms with Crippen molar-refractivity contribution in [2.24, 2.45) is 0 Å². The van der Waals surface area contributed by atoms with E-state index in [9.17, 15) is 18.0 Å². The fourth-order valence-corrected chi connectivity index (χ4v) is 3.26. The molecule has 8 heteroatoms. The number of carbonyl (C=O) groups excluding carboxylic acids is 1. The largest absolute Gasteiger partial charge is 0.481 e. The number of amides is 1. The van der Waals surface area contributed by atoms with Gasteiger partial charge in [-0.1, -0.05) is 6.92 Å². The van der Waals surface area contributed by atoms with Crippen molar-refractivity contribution in [3.05, 3.63) is 29.8 Å². The Morgan fingerprint density at radius 2 is 1.96 bits per heavy atom. The highest BCUT2D eigenvalue weighted by Gasteiger charge is 2.26. The summed E-state index contributed by atoms with van der Waals surface area (Å²) in [5.74, 6) is -1.23. The molecule has 1 aromatic rings. The highest BCUT2D eigenvalue weighted by molar-refractivity contribution is 7.91. The minimum atomic E-state index is -3.30. The molecule has 1 heterocycles. The van der Waals surface area contributed by atoms with Crippen LogP contribution in [0.4, 0.5) is 0 Å². The van der Waals surface area contributed by atoms with Crippen molar-refractivity contribution >= 4 is 21.7 Å². The first-order valence-electron chi connectivity index (χ1n) is 7.29. The lowest BCUT2D eigenvalue weighted by Crippen LogP contribution is -2.46. The van der Waals surface area contributed by atoms with Gasteiger partial charge in [0.15, 0.2) is 9.84 Å². The van der Waals surface area contributed by atoms with E-state index in [1.54, 1.807) is 6.92 Å². The van der Waals surface area contributed by atoms with Crippen LogP contribution in [0.1, 0.15) is 23.7 Å². The molecular formula is C15H19NO6S. The Kier molecular flexibility index (Phi) is 5.38. The molecule has 1 amide bonds. The molecule has 1 N–H and O–H groups in total. The Balaban J connectivity index is 2.09. The standard InChI is InChI=1S/C15H19NO6S/c1-2-23(20,21)13-5-3-11(4-6-13)15(19)16-7-8-22-12(10-16)9-14(17)18/h3-6,12H,2,7-10H2,1H3,(H,17,18)/t12-/m1/s1. The molecule has 0 aromatic heterocycles. The van der Waals surface area contributed by atoms with Crippen molar-refractivity contribution < 1.29 is 27.9 Å². The Bertz CT molecular complexity index is 682. The van der Waals surface area contributed by atoms with E-state index in [0.29, 0.717) is 12.1 Å². The lowest BCUT2D eigenvalue weighted by molar-refractivity contribution is -0.141. The monoisotopic (exact) mass is 341 g/mol. The van der Waals surface area contributed by atoms with Crippen LogP contribution in [0.2, 0.25) is 0 Å². The summed E-state index contributed by atoms with van der Waals surface area (Å²) in [7, 11) is -3.30. The van der Waals surface area contributed by atoms with Gasteiger partial charge in [-0.15, -0.1) is 0 Å². The maximum atomic E-state index is 12.4. The molecule has 2 rings (SSSR count). The quantitative estimate of drug-likeness (QED) is 0.850. The van der Waals surface area contributed by atoms with Gasteiger partial charge in [0.05, 0.1) is 29.8 Å². The number of hydrogen-bond donors (Lipinski definition) is 1. The Morgan fingerprint density at radius 3 is 2.52 bits per heavy atom. The van der Waals surface area contributed by atoms with E-state index in [4.69, 9.17) is 9.84 Å². The number of benzene rings is 1. The minimum Gasteiger partial charge on any atom is -0.481 e. The van der Waals surface area contributed by atoms with Gasteiger partial charge in [0.2, 0.25) is 0 Å². The number of ether oxygens (including phenoxy) is 1. The zero-order valence-corrected chi connectivity index (χ0v) is 13.6. The number of carboxylic acids is 1. The van der Waals surface area contributed by atoms with E-state index in [2.05, 4.69) is 0 Å². The number of nitrogens with zero attached hydrogens (tertiary/aromatic N) is 1. The van der Waals surface area contributed by atoms with Gasteiger partial charge in [0.1, 0.15) is 0 Å². The van der Waals surface area contributed by atoms with Crippen LogP contribution in [-0.4, -0.2) is 61.9 Å². The van der Waals surface area contributed by atoms with Gasteiger partial charge in [0.25, 0.3) is 5.91 Å². The average Bonchev–Trinajstić information content (AvgIpc) is 2.54. The number of sulfone groups is 1. The molecule has 0 saturated carbocycles. The predicted molar refractivity (Wildman–Crippen MR) is 82.1 cm³/mol. The fourth-order valence-electron chi connectivity index (χ4n) is 2.38. The van der Waals surface area contributed by atoms with Gasteiger partial charge in [-0.25, -0.2) is 8.42 Å². The summed E-state index contributed by atoms with van der Waals surface area (Å²) in [6, 6.07) is 5.79. The van der Waals surface area contributed by atoms with Crippen LogP contribution in [0.5, 0.6) is 0 Å². The van der Waals surface area contributed by atoms with Gasteiger partial charge in [-0.2, -0.15) is 0 Å². The molecule has 0 bridgehead atoms. The molecule has 126 valence electrons. The molecular weight excluding hydrogens is 322 g/mol. The topological polar surface area (TPSA) is 101 Å². The number of rotatable bonds is 5. The van der Waals surface area contributed by atoms with Crippen molar-refractivity contribution in [2.75, 3.05) is 25.4 Å². The van der Waals surface area contributed by atoms with Gasteiger partial charge in [-0.3, -0.25) is 9.59 Å². The summed E-state index contributed by atoms with van der Waals surface area (Å²) in [5.41, 5.74) is 0.371. The van der Waals surface area contributed by atoms with E-state index in [1.165, 1.54) is 29.2 Å². The third kappa shape index (κ3) is 4.29. The molecule has 7 nitrogen and oxygen atoms in total. The highest BCUT2D eigenvalue weighted by Crippen LogP contribution is 2.16. The second-order valence-corrected chi connectivity index (χ2v) is 7.55. The lowest BCUT2D eigenvalue weighted by Gasteiger charge is -2.32. The van der Waals surface area contributed by atoms with Crippen molar-refractivity contribution in [1.29, 1.82) is 0 Å². The molecule has 1 atom stereocenters. The normalized spacial score (nSPS) is 18.7. The number of aliphatic carboxylic acids is 1. The molecule has 1 aliphatic rings. The Hall–Kier alpha value is -1.93. The Morgan fingerprint density at radius 1 is 1.30 bits per heavy atom. The van der Waals surface area contributed by atoms with Crippen LogP contribution in [0.3, 0.4) is 0 Å². The molecule has 23 heavy (non-hydrogen) atoms. The molecule has 1 aromatic carbocycles. The summed E-state index contributed by atoms with van der Waals surface area (Å²) in [6.07, 6.45) is -0.678. The molecule has 0 aliphatic carbocycles. The first kappa shape index (κ1) is 17.4. The van der Waals surface area contributed by atoms with Gasteiger partial charge in [-0.05, 0) is 24.3 Å². The van der Waals surface area contributed by atoms with Crippen LogP contribution < -0.4 is 0 Å². The molecule has 0 unspecified atom stereocenters. The third-order valence-electron chi connectivity index (χ3n) is 3.67. The first-order valence-corrected chi connectivity index (χ1v) is 8.94. The van der Waals surface area contributed by atoms with E-state index in [0.717, 1.165) is 0 Å².